The lowest BCUT2D eigenvalue weighted by atomic mass is 10.1. The van der Waals surface area contributed by atoms with Gasteiger partial charge in [0.1, 0.15) is 19.3 Å². The van der Waals surface area contributed by atoms with Crippen LogP contribution in [0.15, 0.2) is 12.1 Å². The monoisotopic (exact) mass is 535 g/mol. The molecule has 212 valence electrons. The fourth-order valence-corrected chi connectivity index (χ4v) is 2.67. The summed E-state index contributed by atoms with van der Waals surface area (Å²) in [5, 5.41) is 24.3. The van der Waals surface area contributed by atoms with Crippen LogP contribution in [0.4, 0.5) is 9.59 Å². The van der Waals surface area contributed by atoms with Crippen molar-refractivity contribution in [2.75, 3.05) is 73.6 Å². The van der Waals surface area contributed by atoms with Crippen LogP contribution in [0, 0.1) is 0 Å². The summed E-state index contributed by atoms with van der Waals surface area (Å²) < 4.78 is 30.5. The first-order chi connectivity index (χ1) is 17.9. The van der Waals surface area contributed by atoms with E-state index in [2.05, 4.69) is 10.6 Å². The van der Waals surface area contributed by atoms with Gasteiger partial charge >= 0.3 is 18.2 Å². The molecule has 15 heteroatoms. The normalized spacial score (nSPS) is 11.5. The van der Waals surface area contributed by atoms with Crippen LogP contribution in [0.3, 0.4) is 0 Å². The van der Waals surface area contributed by atoms with Crippen molar-refractivity contribution in [1.29, 1.82) is 0 Å². The average molecular weight is 536 g/mol. The maximum atomic E-state index is 12.6. The van der Waals surface area contributed by atoms with Gasteiger partial charge in [-0.05, 0) is 19.3 Å². The molecule has 0 saturated carbocycles. The van der Waals surface area contributed by atoms with Crippen LogP contribution < -0.4 is 15.5 Å². The lowest BCUT2D eigenvalue weighted by Gasteiger charge is -2.18. The van der Waals surface area contributed by atoms with Gasteiger partial charge in [-0.15, -0.1) is 4.73 Å². The molecule has 15 nitrogen and oxygen atoms in total. The van der Waals surface area contributed by atoms with Crippen LogP contribution in [-0.4, -0.2) is 113 Å². The number of nitrogens with zero attached hydrogens (tertiary/aromatic N) is 1. The Morgan fingerprint density at radius 3 is 1.92 bits per heavy atom. The Morgan fingerprint density at radius 1 is 0.811 bits per heavy atom. The van der Waals surface area contributed by atoms with E-state index in [1.54, 1.807) is 7.11 Å². The highest BCUT2D eigenvalue weighted by Crippen LogP contribution is 2.19. The molecule has 1 aromatic heterocycles. The van der Waals surface area contributed by atoms with Crippen LogP contribution in [0.1, 0.15) is 19.3 Å². The molecule has 4 N–H and O–H groups in total. The number of nitrogens with one attached hydrogen (secondary N) is 2. The van der Waals surface area contributed by atoms with Gasteiger partial charge in [-0.3, -0.25) is 0 Å². The highest BCUT2D eigenvalue weighted by molar-refractivity contribution is 5.81. The van der Waals surface area contributed by atoms with Crippen LogP contribution in [0.5, 0.6) is 11.8 Å². The van der Waals surface area contributed by atoms with Crippen molar-refractivity contribution in [3.05, 3.63) is 12.1 Å². The third kappa shape index (κ3) is 14.8. The number of unbranched alkanes of at least 4 members (excludes halogenated alkanes) is 1. The molecule has 0 spiro atoms. The summed E-state index contributed by atoms with van der Waals surface area (Å²) in [6.07, 6.45) is -0.533. The van der Waals surface area contributed by atoms with Crippen LogP contribution in [0.25, 0.3) is 0 Å². The van der Waals surface area contributed by atoms with Gasteiger partial charge in [0.15, 0.2) is 0 Å². The first-order valence-corrected chi connectivity index (χ1v) is 11.7. The number of methoxy groups -OCH3 is 2. The highest BCUT2D eigenvalue weighted by atomic mass is 16.7. The third-order valence-corrected chi connectivity index (χ3v) is 4.53. The number of rotatable bonds is 20. The second-order valence-corrected chi connectivity index (χ2v) is 7.36. The molecule has 1 atom stereocenters. The van der Waals surface area contributed by atoms with Crippen molar-refractivity contribution in [2.45, 2.75) is 25.3 Å². The van der Waals surface area contributed by atoms with E-state index < -0.39 is 36.0 Å². The van der Waals surface area contributed by atoms with Crippen molar-refractivity contribution in [1.82, 2.24) is 15.4 Å². The Labute approximate surface area is 214 Å². The van der Waals surface area contributed by atoms with Gasteiger partial charge < -0.3 is 54.1 Å². The SMILES string of the molecule is COCCOCCOC(=O)NCCCCC(NC(=O)OCCOCCOC)C(=O)On1c(O)ccc1O. The summed E-state index contributed by atoms with van der Waals surface area (Å²) >= 11 is 0. The van der Waals surface area contributed by atoms with Gasteiger partial charge in [0, 0.05) is 32.9 Å². The number of ether oxygens (including phenoxy) is 6. The Hall–Kier alpha value is -3.27. The van der Waals surface area contributed by atoms with Crippen molar-refractivity contribution in [2.24, 2.45) is 0 Å². The molecule has 2 amide bonds. The number of alkyl carbamates (subject to hydrolysis) is 2. The number of carbonyl (C=O) groups is 3. The third-order valence-electron chi connectivity index (χ3n) is 4.53. The molecule has 0 aromatic carbocycles. The molecule has 0 bridgehead atoms. The van der Waals surface area contributed by atoms with Gasteiger partial charge in [0.2, 0.25) is 11.8 Å². The minimum absolute atomic E-state index is 0.0556. The second-order valence-electron chi connectivity index (χ2n) is 7.36. The van der Waals surface area contributed by atoms with E-state index in [0.29, 0.717) is 44.0 Å². The Bertz CT molecular complexity index is 769. The van der Waals surface area contributed by atoms with Crippen LogP contribution >= 0.6 is 0 Å². The molecule has 0 radical (unpaired) electrons. The summed E-state index contributed by atoms with van der Waals surface area (Å²) in [4.78, 5) is 41.4. The zero-order chi connectivity index (χ0) is 27.3. The summed E-state index contributed by atoms with van der Waals surface area (Å²) in [5.74, 6) is -1.96. The molecular weight excluding hydrogens is 498 g/mol. The Balaban J connectivity index is 2.43. The minimum Gasteiger partial charge on any atom is -0.492 e. The smallest absolute Gasteiger partial charge is 0.407 e. The predicted octanol–water partition coefficient (Wildman–Crippen LogP) is 0.172. The Morgan fingerprint density at radius 2 is 1.35 bits per heavy atom. The van der Waals surface area contributed by atoms with Gasteiger partial charge in [-0.1, -0.05) is 0 Å². The molecule has 0 aliphatic rings. The zero-order valence-electron chi connectivity index (χ0n) is 21.1. The van der Waals surface area contributed by atoms with Crippen LogP contribution in [-0.2, 0) is 33.2 Å². The Kier molecular flexibility index (Phi) is 17.1. The molecule has 1 rings (SSSR count). The molecule has 0 fully saturated rings. The minimum atomic E-state index is -1.17. The quantitative estimate of drug-likeness (QED) is 0.166. The number of aromatic nitrogens is 1. The largest absolute Gasteiger partial charge is 0.492 e. The van der Waals surface area contributed by atoms with Gasteiger partial charge in [-0.2, -0.15) is 0 Å². The topological polar surface area (TPSA) is 185 Å². The van der Waals surface area contributed by atoms with E-state index in [1.165, 1.54) is 7.11 Å². The summed E-state index contributed by atoms with van der Waals surface area (Å²) in [6.45, 7) is 2.26. The molecule has 1 aromatic rings. The fourth-order valence-electron chi connectivity index (χ4n) is 2.67. The standard InChI is InChI=1S/C22H37N3O12/c1-31-9-11-33-13-15-35-21(29)23-8-4-3-5-17(20(28)37-25-18(26)6-7-19(25)27)24-22(30)36-16-14-34-12-10-32-2/h6-7,17,26-27H,3-5,8-16H2,1-2H3,(H,23,29)(H,24,30). The van der Waals surface area contributed by atoms with Crippen molar-refractivity contribution >= 4 is 18.2 Å². The van der Waals surface area contributed by atoms with Gasteiger partial charge in [0.25, 0.3) is 0 Å². The molecule has 37 heavy (non-hydrogen) atoms. The number of aromatic hydroxyl groups is 2. The number of amides is 2. The highest BCUT2D eigenvalue weighted by Gasteiger charge is 2.25. The number of carbonyl (C=O) groups excluding carboxylic acids is 3. The molecule has 1 heterocycles. The molecular formula is C22H37N3O12. The molecule has 0 aliphatic heterocycles. The molecule has 0 saturated heterocycles. The summed E-state index contributed by atoms with van der Waals surface area (Å²) in [6, 6.07) is 1.08. The van der Waals surface area contributed by atoms with Crippen molar-refractivity contribution in [3.8, 4) is 11.8 Å². The lowest BCUT2D eigenvalue weighted by molar-refractivity contribution is -0.148. The summed E-state index contributed by atoms with van der Waals surface area (Å²) in [5.41, 5.74) is 0. The van der Waals surface area contributed by atoms with E-state index >= 15 is 0 Å². The average Bonchev–Trinajstić information content (AvgIpc) is 3.19. The van der Waals surface area contributed by atoms with Gasteiger partial charge in [-0.25, -0.2) is 14.4 Å². The lowest BCUT2D eigenvalue weighted by Crippen LogP contribution is -2.45. The van der Waals surface area contributed by atoms with E-state index in [9.17, 15) is 24.6 Å². The van der Waals surface area contributed by atoms with E-state index in [0.717, 1.165) is 12.1 Å². The maximum Gasteiger partial charge on any atom is 0.407 e. The van der Waals surface area contributed by atoms with Crippen LogP contribution in [0.2, 0.25) is 0 Å². The first kappa shape index (κ1) is 31.8. The second kappa shape index (κ2) is 19.9. The predicted molar refractivity (Wildman–Crippen MR) is 126 cm³/mol. The summed E-state index contributed by atoms with van der Waals surface area (Å²) in [7, 11) is 3.09. The number of hydrogen-bond acceptors (Lipinski definition) is 12. The molecule has 1 unspecified atom stereocenters. The van der Waals surface area contributed by atoms with Crippen molar-refractivity contribution < 1.29 is 57.9 Å². The molecule has 0 aliphatic carbocycles. The van der Waals surface area contributed by atoms with E-state index in [4.69, 9.17) is 33.3 Å². The fraction of sp³-hybridized carbons (Fsp3) is 0.682. The van der Waals surface area contributed by atoms with Gasteiger partial charge in [0.05, 0.1) is 39.6 Å². The first-order valence-electron chi connectivity index (χ1n) is 11.7. The maximum absolute atomic E-state index is 12.6. The number of hydrogen-bond donors (Lipinski definition) is 4. The van der Waals surface area contributed by atoms with Crippen molar-refractivity contribution in [3.63, 3.8) is 0 Å². The van der Waals surface area contributed by atoms with E-state index in [1.807, 2.05) is 0 Å². The zero-order valence-corrected chi connectivity index (χ0v) is 21.1. The van der Waals surface area contributed by atoms with E-state index in [-0.39, 0.29) is 39.4 Å².